The molecule has 0 radical (unpaired) electrons. The zero-order valence-corrected chi connectivity index (χ0v) is 13.8. The van der Waals surface area contributed by atoms with Crippen molar-refractivity contribution in [3.63, 3.8) is 0 Å². The van der Waals surface area contributed by atoms with Gasteiger partial charge in [-0.2, -0.15) is 0 Å². The number of anilines is 1. The van der Waals surface area contributed by atoms with Crippen LogP contribution >= 0.6 is 0 Å². The molecule has 0 aliphatic heterocycles. The Labute approximate surface area is 146 Å². The van der Waals surface area contributed by atoms with E-state index in [2.05, 4.69) is 11.4 Å². The summed E-state index contributed by atoms with van der Waals surface area (Å²) >= 11 is 0. The molecule has 0 unspecified atom stereocenters. The Hall–Kier alpha value is -3.27. The molecule has 0 saturated carbocycles. The quantitative estimate of drug-likeness (QED) is 0.682. The monoisotopic (exact) mass is 332 g/mol. The molecule has 0 spiro atoms. The molecule has 4 heteroatoms. The van der Waals surface area contributed by atoms with Gasteiger partial charge in [-0.05, 0) is 40.1 Å². The van der Waals surface area contributed by atoms with Crippen LogP contribution in [-0.4, -0.2) is 12.6 Å². The van der Waals surface area contributed by atoms with Crippen LogP contribution in [0.4, 0.5) is 10.5 Å². The lowest BCUT2D eigenvalue weighted by atomic mass is 10.1. The van der Waals surface area contributed by atoms with Crippen molar-refractivity contribution in [2.24, 2.45) is 0 Å². The van der Waals surface area contributed by atoms with Crippen LogP contribution in [-0.2, 0) is 11.3 Å². The van der Waals surface area contributed by atoms with E-state index in [1.165, 1.54) is 0 Å². The summed E-state index contributed by atoms with van der Waals surface area (Å²) in [5.74, 6) is 0. The van der Waals surface area contributed by atoms with Gasteiger partial charge >= 0.3 is 6.09 Å². The summed E-state index contributed by atoms with van der Waals surface area (Å²) in [5.41, 5.74) is 8.57. The van der Waals surface area contributed by atoms with Crippen LogP contribution in [0.1, 0.15) is 11.1 Å². The molecule has 0 bridgehead atoms. The minimum atomic E-state index is -0.428. The fraction of sp³-hybridized carbons (Fsp3) is 0.0952. The number of fused-ring (bicyclic) bond motifs is 1. The van der Waals surface area contributed by atoms with Crippen LogP contribution in [0.25, 0.3) is 16.8 Å². The van der Waals surface area contributed by atoms with E-state index in [4.69, 9.17) is 10.5 Å². The number of carbonyl (C=O) groups is 1. The van der Waals surface area contributed by atoms with Crippen molar-refractivity contribution >= 4 is 28.6 Å². The first kappa shape index (κ1) is 16.6. The van der Waals surface area contributed by atoms with E-state index in [0.29, 0.717) is 6.54 Å². The first-order valence-corrected chi connectivity index (χ1v) is 8.11. The minimum Gasteiger partial charge on any atom is -0.445 e. The van der Waals surface area contributed by atoms with E-state index in [9.17, 15) is 4.79 Å². The van der Waals surface area contributed by atoms with Gasteiger partial charge in [-0.3, -0.25) is 0 Å². The van der Waals surface area contributed by atoms with E-state index >= 15 is 0 Å². The summed E-state index contributed by atoms with van der Waals surface area (Å²) < 4.78 is 5.15. The van der Waals surface area contributed by atoms with Crippen LogP contribution < -0.4 is 11.1 Å². The molecule has 3 N–H and O–H groups in total. The number of nitrogens with one attached hydrogen (secondary N) is 1. The molecule has 4 nitrogen and oxygen atoms in total. The number of rotatable bonds is 5. The number of carbonyl (C=O) groups excluding carboxylic acids is 1. The van der Waals surface area contributed by atoms with Gasteiger partial charge < -0.3 is 15.8 Å². The molecule has 3 aromatic rings. The topological polar surface area (TPSA) is 64.3 Å². The second-order valence-electron chi connectivity index (χ2n) is 5.71. The van der Waals surface area contributed by atoms with Gasteiger partial charge in [-0.25, -0.2) is 4.79 Å². The maximum absolute atomic E-state index is 11.7. The number of hydrogen-bond acceptors (Lipinski definition) is 3. The predicted molar refractivity (Wildman–Crippen MR) is 102 cm³/mol. The number of ether oxygens (including phenoxy) is 1. The normalized spacial score (nSPS) is 10.9. The lowest BCUT2D eigenvalue weighted by Crippen LogP contribution is -2.24. The van der Waals surface area contributed by atoms with Crippen LogP contribution in [0.15, 0.2) is 72.8 Å². The molecule has 3 rings (SSSR count). The van der Waals surface area contributed by atoms with Crippen molar-refractivity contribution in [3.8, 4) is 0 Å². The lowest BCUT2D eigenvalue weighted by molar-refractivity contribution is 0.141. The molecule has 0 saturated heterocycles. The highest BCUT2D eigenvalue weighted by molar-refractivity contribution is 5.87. The zero-order valence-electron chi connectivity index (χ0n) is 13.8. The van der Waals surface area contributed by atoms with E-state index < -0.39 is 6.09 Å². The molecule has 25 heavy (non-hydrogen) atoms. The maximum atomic E-state index is 11.7. The molecule has 1 amide bonds. The average molecular weight is 332 g/mol. The SMILES string of the molecule is Nc1ccc2cc(C=CCNC(=O)OCc3ccccc3)ccc2c1. The van der Waals surface area contributed by atoms with Crippen molar-refractivity contribution in [1.82, 2.24) is 5.32 Å². The lowest BCUT2D eigenvalue weighted by Gasteiger charge is -2.05. The number of benzene rings is 3. The Morgan fingerprint density at radius 1 is 1.00 bits per heavy atom. The van der Waals surface area contributed by atoms with Crippen molar-refractivity contribution in [1.29, 1.82) is 0 Å². The van der Waals surface area contributed by atoms with Gasteiger partial charge in [-0.15, -0.1) is 0 Å². The van der Waals surface area contributed by atoms with Crippen LogP contribution in [0.3, 0.4) is 0 Å². The average Bonchev–Trinajstić information content (AvgIpc) is 2.64. The molecule has 0 atom stereocenters. The summed E-state index contributed by atoms with van der Waals surface area (Å²) in [6, 6.07) is 21.6. The van der Waals surface area contributed by atoms with Gasteiger partial charge in [0, 0.05) is 12.2 Å². The van der Waals surface area contributed by atoms with Crippen LogP contribution in [0.5, 0.6) is 0 Å². The first-order valence-electron chi connectivity index (χ1n) is 8.11. The molecular weight excluding hydrogens is 312 g/mol. The van der Waals surface area contributed by atoms with Crippen molar-refractivity contribution < 1.29 is 9.53 Å². The molecule has 0 aromatic heterocycles. The fourth-order valence-corrected chi connectivity index (χ4v) is 2.50. The largest absolute Gasteiger partial charge is 0.445 e. The highest BCUT2D eigenvalue weighted by atomic mass is 16.5. The van der Waals surface area contributed by atoms with Gasteiger partial charge in [0.05, 0.1) is 0 Å². The Morgan fingerprint density at radius 2 is 1.76 bits per heavy atom. The number of nitrogen functional groups attached to an aromatic ring is 1. The fourth-order valence-electron chi connectivity index (χ4n) is 2.50. The molecule has 0 aliphatic carbocycles. The van der Waals surface area contributed by atoms with Crippen LogP contribution in [0, 0.1) is 0 Å². The Balaban J connectivity index is 1.48. The number of hydrogen-bond donors (Lipinski definition) is 2. The molecule has 126 valence electrons. The summed E-state index contributed by atoms with van der Waals surface area (Å²) in [7, 11) is 0. The second kappa shape index (κ2) is 8.02. The van der Waals surface area contributed by atoms with E-state index in [0.717, 1.165) is 27.6 Å². The third-order valence-corrected chi connectivity index (χ3v) is 3.78. The second-order valence-corrected chi connectivity index (χ2v) is 5.71. The molecule has 0 fully saturated rings. The van der Waals surface area contributed by atoms with Gasteiger partial charge in [0.2, 0.25) is 0 Å². The van der Waals surface area contributed by atoms with Crippen molar-refractivity contribution in [3.05, 3.63) is 83.9 Å². The summed E-state index contributed by atoms with van der Waals surface area (Å²) in [6.45, 7) is 0.678. The van der Waals surface area contributed by atoms with E-state index in [-0.39, 0.29) is 6.61 Å². The van der Waals surface area contributed by atoms with E-state index in [1.54, 1.807) is 0 Å². The van der Waals surface area contributed by atoms with Crippen molar-refractivity contribution in [2.75, 3.05) is 12.3 Å². The van der Waals surface area contributed by atoms with Gasteiger partial charge in [0.25, 0.3) is 0 Å². The molecular formula is C21H20N2O2. The van der Waals surface area contributed by atoms with Gasteiger partial charge in [0.15, 0.2) is 0 Å². The van der Waals surface area contributed by atoms with Crippen LogP contribution in [0.2, 0.25) is 0 Å². The third kappa shape index (κ3) is 4.85. The zero-order chi connectivity index (χ0) is 17.5. The first-order chi connectivity index (χ1) is 12.2. The minimum absolute atomic E-state index is 0.268. The smallest absolute Gasteiger partial charge is 0.407 e. The van der Waals surface area contributed by atoms with E-state index in [1.807, 2.05) is 72.8 Å². The predicted octanol–water partition coefficient (Wildman–Crippen LogP) is 4.36. The standard InChI is InChI=1S/C21H20N2O2/c22-20-11-10-18-13-16(8-9-19(18)14-20)7-4-12-23-21(24)25-15-17-5-2-1-3-6-17/h1-11,13-14H,12,15,22H2,(H,23,24). The maximum Gasteiger partial charge on any atom is 0.407 e. The highest BCUT2D eigenvalue weighted by Crippen LogP contribution is 2.19. The number of nitrogens with two attached hydrogens (primary N) is 1. The Kier molecular flexibility index (Phi) is 5.32. The van der Waals surface area contributed by atoms with Gasteiger partial charge in [-0.1, -0.05) is 60.7 Å². The third-order valence-electron chi connectivity index (χ3n) is 3.78. The Bertz CT molecular complexity index is 889. The highest BCUT2D eigenvalue weighted by Gasteiger charge is 2.00. The summed E-state index contributed by atoms with van der Waals surface area (Å²) in [4.78, 5) is 11.7. The van der Waals surface area contributed by atoms with Gasteiger partial charge in [0.1, 0.15) is 6.61 Å². The Morgan fingerprint density at radius 3 is 2.60 bits per heavy atom. The molecule has 3 aromatic carbocycles. The molecule has 0 heterocycles. The van der Waals surface area contributed by atoms with Crippen molar-refractivity contribution in [2.45, 2.75) is 6.61 Å². The molecule has 0 aliphatic rings. The number of amides is 1. The summed E-state index contributed by atoms with van der Waals surface area (Å²) in [6.07, 6.45) is 3.43. The summed E-state index contributed by atoms with van der Waals surface area (Å²) in [5, 5.41) is 4.95. The number of alkyl carbamates (subject to hydrolysis) is 1.